The Morgan fingerprint density at radius 3 is 2.31 bits per heavy atom. The normalized spacial score (nSPS) is 11.8. The molecule has 7 rings (SSSR count). The minimum absolute atomic E-state index is 0. The van der Waals surface area contributed by atoms with Crippen LogP contribution in [0.2, 0.25) is 0 Å². The largest absolute Gasteiger partial charge is 0.300 e. The van der Waals surface area contributed by atoms with E-state index in [4.69, 9.17) is 15.0 Å². The van der Waals surface area contributed by atoms with Gasteiger partial charge in [0.25, 0.3) is 0 Å². The maximum absolute atomic E-state index is 5.26. The van der Waals surface area contributed by atoms with Crippen molar-refractivity contribution in [1.82, 2.24) is 15.0 Å². The molecule has 7 aromatic rings. The molecule has 3 nitrogen and oxygen atoms in total. The number of aromatic nitrogens is 3. The predicted octanol–water partition coefficient (Wildman–Crippen LogP) is 8.55. The maximum atomic E-state index is 5.26. The van der Waals surface area contributed by atoms with Crippen LogP contribution in [0.3, 0.4) is 0 Å². The van der Waals surface area contributed by atoms with Gasteiger partial charge in [-0.15, -0.1) is 47.2 Å². The first-order valence-electron chi connectivity index (χ1n) is 12.6. The first-order chi connectivity index (χ1) is 18.8. The van der Waals surface area contributed by atoms with E-state index in [2.05, 4.69) is 84.9 Å². The van der Waals surface area contributed by atoms with Crippen molar-refractivity contribution >= 4 is 32.5 Å². The number of thiazole rings is 1. The van der Waals surface area contributed by atoms with E-state index in [1.807, 2.05) is 48.5 Å². The van der Waals surface area contributed by atoms with Crippen molar-refractivity contribution in [1.29, 1.82) is 0 Å². The van der Waals surface area contributed by atoms with Gasteiger partial charge in [0.15, 0.2) is 0 Å². The quantitative estimate of drug-likeness (QED) is 0.169. The van der Waals surface area contributed by atoms with E-state index < -0.39 is 0 Å². The van der Waals surface area contributed by atoms with E-state index in [0.717, 1.165) is 54.3 Å². The standard InChI is InChI=1S/C34H22N3S.Pt/c1-3-11-23(12-4-1)28-18-10-19-30(36-28)32(25-14-5-2-6-15-25)34-37-33-26(16-9-20-31(33)38-34)29-22-21-24-13-7-8-17-27(24)35-29;/h1-11,13-22,32H;/q-1;. The summed E-state index contributed by atoms with van der Waals surface area (Å²) < 4.78 is 1.14. The maximum Gasteiger partial charge on any atom is 0.107 e. The van der Waals surface area contributed by atoms with Crippen LogP contribution >= 0.6 is 11.3 Å². The summed E-state index contributed by atoms with van der Waals surface area (Å²) in [5.41, 5.74) is 7.96. The fraction of sp³-hybridized carbons (Fsp3) is 0.0294. The fourth-order valence-corrected chi connectivity index (χ4v) is 6.05. The van der Waals surface area contributed by atoms with Crippen molar-refractivity contribution in [2.24, 2.45) is 0 Å². The summed E-state index contributed by atoms with van der Waals surface area (Å²) >= 11 is 1.72. The first kappa shape index (κ1) is 25.3. The fourth-order valence-electron chi connectivity index (χ4n) is 4.91. The van der Waals surface area contributed by atoms with E-state index in [-0.39, 0.29) is 27.0 Å². The van der Waals surface area contributed by atoms with E-state index in [1.54, 1.807) is 11.3 Å². The van der Waals surface area contributed by atoms with Crippen LogP contribution in [0.15, 0.2) is 127 Å². The summed E-state index contributed by atoms with van der Waals surface area (Å²) in [6, 6.07) is 46.8. The molecule has 0 amide bonds. The second kappa shape index (κ2) is 11.0. The second-order valence-corrected chi connectivity index (χ2v) is 10.2. The molecule has 0 fully saturated rings. The van der Waals surface area contributed by atoms with Crippen LogP contribution in [0.1, 0.15) is 22.2 Å². The molecule has 0 saturated carbocycles. The summed E-state index contributed by atoms with van der Waals surface area (Å²) in [7, 11) is 0. The molecule has 0 bridgehead atoms. The number of pyridine rings is 2. The third kappa shape index (κ3) is 4.94. The summed E-state index contributed by atoms with van der Waals surface area (Å²) in [6.45, 7) is 0. The molecular formula is C34H22N3PtS-. The molecule has 0 N–H and O–H groups in total. The van der Waals surface area contributed by atoms with Gasteiger partial charge in [0, 0.05) is 37.7 Å². The van der Waals surface area contributed by atoms with Gasteiger partial charge < -0.3 is 4.98 Å². The molecule has 1 atom stereocenters. The minimum atomic E-state index is -0.0883. The summed E-state index contributed by atoms with van der Waals surface area (Å²) in [6.07, 6.45) is 0. The average molecular weight is 700 g/mol. The van der Waals surface area contributed by atoms with Crippen molar-refractivity contribution in [3.8, 4) is 22.5 Å². The third-order valence-electron chi connectivity index (χ3n) is 6.74. The van der Waals surface area contributed by atoms with Crippen molar-refractivity contribution in [2.45, 2.75) is 5.92 Å². The van der Waals surface area contributed by atoms with E-state index in [0.29, 0.717) is 0 Å². The molecule has 1 unspecified atom stereocenters. The third-order valence-corrected chi connectivity index (χ3v) is 7.83. The molecule has 39 heavy (non-hydrogen) atoms. The topological polar surface area (TPSA) is 38.7 Å². The molecule has 3 aromatic heterocycles. The zero-order valence-corrected chi connectivity index (χ0v) is 23.9. The Morgan fingerprint density at radius 2 is 1.44 bits per heavy atom. The molecule has 4 aromatic carbocycles. The van der Waals surface area contributed by atoms with Gasteiger partial charge in [0.05, 0.1) is 27.3 Å². The molecular weight excluding hydrogens is 678 g/mol. The van der Waals surface area contributed by atoms with Crippen LogP contribution in [0.25, 0.3) is 43.6 Å². The molecule has 190 valence electrons. The van der Waals surface area contributed by atoms with E-state index in [1.165, 1.54) is 5.56 Å². The Morgan fingerprint density at radius 1 is 0.615 bits per heavy atom. The summed E-state index contributed by atoms with van der Waals surface area (Å²) in [5.74, 6) is -0.0883. The Balaban J connectivity index is 0.00000277. The van der Waals surface area contributed by atoms with Crippen molar-refractivity contribution < 1.29 is 21.1 Å². The molecule has 0 spiro atoms. The van der Waals surface area contributed by atoms with E-state index in [9.17, 15) is 0 Å². The molecule has 0 aliphatic rings. The monoisotopic (exact) mass is 699 g/mol. The van der Waals surface area contributed by atoms with Gasteiger partial charge in [0.1, 0.15) is 5.01 Å². The average Bonchev–Trinajstić information content (AvgIpc) is 3.42. The van der Waals surface area contributed by atoms with Crippen LogP contribution in [0.5, 0.6) is 0 Å². The zero-order chi connectivity index (χ0) is 25.3. The smallest absolute Gasteiger partial charge is 0.107 e. The Hall–Kier alpha value is -3.98. The number of nitrogens with zero attached hydrogens (tertiary/aromatic N) is 3. The summed E-state index contributed by atoms with van der Waals surface area (Å²) in [4.78, 5) is 15.3. The molecule has 0 radical (unpaired) electrons. The van der Waals surface area contributed by atoms with Gasteiger partial charge in [-0.05, 0) is 35.5 Å². The Kier molecular flexibility index (Phi) is 7.15. The summed E-state index contributed by atoms with van der Waals surface area (Å²) in [5, 5.41) is 2.15. The van der Waals surface area contributed by atoms with Crippen molar-refractivity contribution in [3.05, 3.63) is 150 Å². The van der Waals surface area contributed by atoms with Crippen molar-refractivity contribution in [3.63, 3.8) is 0 Å². The second-order valence-electron chi connectivity index (χ2n) is 9.16. The molecule has 0 aliphatic heterocycles. The zero-order valence-electron chi connectivity index (χ0n) is 20.8. The SMILES string of the molecule is [Pt].[c-]1ccccc1-c1cccc(C(c2ccccc2)c2nc3c(-c4ccc5ccccc5n4)cccc3s2)n1. The Bertz CT molecular complexity index is 1880. The van der Waals surface area contributed by atoms with Gasteiger partial charge in [-0.25, -0.2) is 9.97 Å². The number of rotatable bonds is 5. The number of para-hydroxylation sites is 2. The van der Waals surface area contributed by atoms with Crippen LogP contribution in [-0.4, -0.2) is 15.0 Å². The van der Waals surface area contributed by atoms with Gasteiger partial charge in [-0.3, -0.25) is 0 Å². The van der Waals surface area contributed by atoms with Crippen LogP contribution in [-0.2, 0) is 21.1 Å². The minimum Gasteiger partial charge on any atom is -0.300 e. The molecule has 3 heterocycles. The molecule has 0 aliphatic carbocycles. The number of fused-ring (bicyclic) bond motifs is 2. The van der Waals surface area contributed by atoms with Crippen LogP contribution < -0.4 is 0 Å². The van der Waals surface area contributed by atoms with E-state index >= 15 is 0 Å². The van der Waals surface area contributed by atoms with Gasteiger partial charge in [0.2, 0.25) is 0 Å². The molecule has 0 saturated heterocycles. The van der Waals surface area contributed by atoms with Gasteiger partial charge in [-0.1, -0.05) is 78.9 Å². The number of benzene rings is 4. The van der Waals surface area contributed by atoms with Crippen LogP contribution in [0, 0.1) is 6.07 Å². The molecule has 5 heteroatoms. The number of hydrogen-bond acceptors (Lipinski definition) is 4. The van der Waals surface area contributed by atoms with Crippen molar-refractivity contribution in [2.75, 3.05) is 0 Å². The number of hydrogen-bond donors (Lipinski definition) is 0. The van der Waals surface area contributed by atoms with Gasteiger partial charge in [-0.2, -0.15) is 0 Å². The first-order valence-corrected chi connectivity index (χ1v) is 13.4. The van der Waals surface area contributed by atoms with Gasteiger partial charge >= 0.3 is 0 Å². The van der Waals surface area contributed by atoms with Crippen LogP contribution in [0.4, 0.5) is 0 Å². The Labute approximate surface area is 245 Å². The predicted molar refractivity (Wildman–Crippen MR) is 156 cm³/mol.